The zero-order valence-corrected chi connectivity index (χ0v) is 22.5. The fraction of sp³-hybridized carbons (Fsp3) is 0.194. The number of carboxylic acids is 1. The maximum absolute atomic E-state index is 15.3. The van der Waals surface area contributed by atoms with E-state index in [9.17, 15) is 14.3 Å². The Morgan fingerprint density at radius 2 is 1.95 bits per heavy atom. The number of ether oxygens (including phenoxy) is 3. The first kappa shape index (κ1) is 27.7. The number of nitrogens with zero attached hydrogens (tertiary/aromatic N) is 5. The van der Waals surface area contributed by atoms with Gasteiger partial charge in [0.1, 0.15) is 24.0 Å². The number of hydrogen-bond acceptors (Lipinski definition) is 8. The van der Waals surface area contributed by atoms with Gasteiger partial charge in [-0.25, -0.2) is 23.5 Å². The number of carboxylic acid groups (broad SMARTS) is 1. The van der Waals surface area contributed by atoms with Crippen molar-refractivity contribution >= 4 is 17.0 Å². The van der Waals surface area contributed by atoms with E-state index < -0.39 is 17.6 Å². The smallest absolute Gasteiger partial charge is 0.335 e. The van der Waals surface area contributed by atoms with E-state index in [2.05, 4.69) is 15.0 Å². The summed E-state index contributed by atoms with van der Waals surface area (Å²) in [5, 5.41) is 18.3. The number of fused-ring (bicyclic) bond motifs is 1. The number of imidazole rings is 1. The van der Waals surface area contributed by atoms with Gasteiger partial charge in [0, 0.05) is 31.4 Å². The van der Waals surface area contributed by atoms with Crippen molar-refractivity contribution in [2.75, 3.05) is 6.61 Å². The van der Waals surface area contributed by atoms with Gasteiger partial charge < -0.3 is 23.9 Å². The van der Waals surface area contributed by atoms with Crippen LogP contribution in [0.1, 0.15) is 39.6 Å². The van der Waals surface area contributed by atoms with Crippen LogP contribution in [-0.4, -0.2) is 43.3 Å². The van der Waals surface area contributed by atoms with Crippen LogP contribution >= 0.6 is 0 Å². The third kappa shape index (κ3) is 6.12. The molecule has 0 radical (unpaired) electrons. The molecule has 3 aromatic carbocycles. The second kappa shape index (κ2) is 11.8. The first-order chi connectivity index (χ1) is 20.9. The second-order valence-electron chi connectivity index (χ2n) is 9.82. The maximum Gasteiger partial charge on any atom is 0.335 e. The number of halogens is 2. The molecule has 0 saturated carbocycles. The lowest BCUT2D eigenvalue weighted by Gasteiger charge is -2.27. The highest BCUT2D eigenvalue weighted by molar-refractivity contribution is 5.92. The molecule has 0 spiro atoms. The summed E-state index contributed by atoms with van der Waals surface area (Å²) in [6.07, 6.45) is 2.46. The lowest BCUT2D eigenvalue weighted by Crippen LogP contribution is -2.31. The van der Waals surface area contributed by atoms with Gasteiger partial charge in [-0.1, -0.05) is 6.07 Å². The van der Waals surface area contributed by atoms with Gasteiger partial charge in [-0.15, -0.1) is 0 Å². The van der Waals surface area contributed by atoms with Gasteiger partial charge in [0.05, 0.1) is 40.9 Å². The fourth-order valence-corrected chi connectivity index (χ4v) is 4.64. The van der Waals surface area contributed by atoms with Crippen molar-refractivity contribution in [1.82, 2.24) is 19.5 Å². The van der Waals surface area contributed by atoms with E-state index >= 15 is 4.39 Å². The molecular weight excluding hydrogens is 560 g/mol. The van der Waals surface area contributed by atoms with E-state index in [0.29, 0.717) is 35.6 Å². The van der Waals surface area contributed by atoms with Crippen LogP contribution in [0, 0.1) is 23.0 Å². The molecule has 1 aliphatic heterocycles. The minimum atomic E-state index is -1.04. The number of rotatable bonds is 10. The number of benzene rings is 3. The lowest BCUT2D eigenvalue weighted by atomic mass is 10.1. The number of nitriles is 1. The molecule has 0 bridgehead atoms. The summed E-state index contributed by atoms with van der Waals surface area (Å²) in [6.45, 7) is 0.989. The van der Waals surface area contributed by atoms with Gasteiger partial charge in [-0.3, -0.25) is 0 Å². The normalized spacial score (nSPS) is 14.2. The van der Waals surface area contributed by atoms with Gasteiger partial charge in [0.25, 0.3) is 0 Å². The zero-order valence-electron chi connectivity index (χ0n) is 22.5. The molecule has 1 saturated heterocycles. The molecule has 5 aromatic rings. The Kier molecular flexibility index (Phi) is 7.63. The third-order valence-corrected chi connectivity index (χ3v) is 6.95. The van der Waals surface area contributed by atoms with Gasteiger partial charge in [-0.05, 0) is 54.4 Å². The summed E-state index contributed by atoms with van der Waals surface area (Å²) >= 11 is 0. The number of hydrogen-bond donors (Lipinski definition) is 1. The Morgan fingerprint density at radius 3 is 2.67 bits per heavy atom. The van der Waals surface area contributed by atoms with Crippen LogP contribution in [0.2, 0.25) is 0 Å². The van der Waals surface area contributed by atoms with E-state index in [-0.39, 0.29) is 53.5 Å². The predicted molar refractivity (Wildman–Crippen MR) is 148 cm³/mol. The monoisotopic (exact) mass is 583 g/mol. The van der Waals surface area contributed by atoms with Gasteiger partial charge >= 0.3 is 5.97 Å². The van der Waals surface area contributed by atoms with Crippen molar-refractivity contribution < 1.29 is 32.9 Å². The van der Waals surface area contributed by atoms with Crippen LogP contribution in [0.3, 0.4) is 0 Å². The summed E-state index contributed by atoms with van der Waals surface area (Å²) in [7, 11) is 0. The summed E-state index contributed by atoms with van der Waals surface area (Å²) in [5.41, 5.74) is 1.95. The molecule has 1 aliphatic rings. The Hall–Kier alpha value is -5.41. The molecule has 12 heteroatoms. The van der Waals surface area contributed by atoms with Crippen molar-refractivity contribution in [2.24, 2.45) is 0 Å². The van der Waals surface area contributed by atoms with Crippen LogP contribution in [0.5, 0.6) is 17.4 Å². The van der Waals surface area contributed by atoms with Crippen LogP contribution in [0.4, 0.5) is 8.78 Å². The highest BCUT2D eigenvalue weighted by Gasteiger charge is 2.23. The first-order valence-electron chi connectivity index (χ1n) is 13.3. The molecule has 1 fully saturated rings. The minimum Gasteiger partial charge on any atom is -0.483 e. The van der Waals surface area contributed by atoms with Crippen molar-refractivity contribution in [2.45, 2.75) is 32.1 Å². The highest BCUT2D eigenvalue weighted by Crippen LogP contribution is 2.27. The quantitative estimate of drug-likeness (QED) is 0.229. The van der Waals surface area contributed by atoms with E-state index in [0.717, 1.165) is 12.5 Å². The summed E-state index contributed by atoms with van der Waals surface area (Å²) in [5.74, 6) is -1.16. The van der Waals surface area contributed by atoms with E-state index in [1.54, 1.807) is 24.3 Å². The zero-order chi connectivity index (χ0) is 29.9. The Labute approximate surface area is 243 Å². The van der Waals surface area contributed by atoms with Gasteiger partial charge in [-0.2, -0.15) is 10.2 Å². The fourth-order valence-electron chi connectivity index (χ4n) is 4.64. The topological polar surface area (TPSA) is 132 Å². The second-order valence-corrected chi connectivity index (χ2v) is 9.82. The lowest BCUT2D eigenvalue weighted by molar-refractivity contribution is -0.0589. The molecule has 1 N–H and O–H groups in total. The van der Waals surface area contributed by atoms with E-state index in [4.69, 9.17) is 19.5 Å². The largest absolute Gasteiger partial charge is 0.483 e. The molecule has 43 heavy (non-hydrogen) atoms. The third-order valence-electron chi connectivity index (χ3n) is 6.95. The molecule has 0 unspecified atom stereocenters. The standard InChI is InChI=1S/C31H23F2N5O5/c32-23-14-21(43-30-7-9-35-28(37-30)17-42-27-6-1-18(15-34)11-24(27)33)4-2-19(23)13-29-36-25-5-3-20(31(39)40)12-26(25)38(29)16-22-8-10-41-22/h1-7,9,11-12,14,22H,8,10,13,16-17H2,(H,39,40)/t22-/m0/s1. The molecule has 3 heterocycles. The van der Waals surface area contributed by atoms with Crippen molar-refractivity contribution in [3.05, 3.63) is 107 Å². The summed E-state index contributed by atoms with van der Waals surface area (Å²) in [6, 6.07) is 16.4. The SMILES string of the molecule is N#Cc1ccc(OCc2nccc(Oc3ccc(Cc4nc5ccc(C(=O)O)cc5n4C[C@@H]4CCO4)c(F)c3)n2)c(F)c1. The van der Waals surface area contributed by atoms with Crippen molar-refractivity contribution in [1.29, 1.82) is 5.26 Å². The van der Waals surface area contributed by atoms with Crippen LogP contribution < -0.4 is 9.47 Å². The van der Waals surface area contributed by atoms with E-state index in [1.165, 1.54) is 36.5 Å². The highest BCUT2D eigenvalue weighted by atomic mass is 19.1. The molecule has 1 atom stereocenters. The Bertz CT molecular complexity index is 1880. The van der Waals surface area contributed by atoms with E-state index in [1.807, 2.05) is 10.6 Å². The number of aromatic carboxylic acids is 1. The summed E-state index contributed by atoms with van der Waals surface area (Å²) in [4.78, 5) is 24.5. The minimum absolute atomic E-state index is 0.0171. The first-order valence-corrected chi connectivity index (χ1v) is 13.3. The maximum atomic E-state index is 15.3. The molecule has 216 valence electrons. The van der Waals surface area contributed by atoms with Gasteiger partial charge in [0.15, 0.2) is 17.4 Å². The predicted octanol–water partition coefficient (Wildman–Crippen LogP) is 5.43. The number of carbonyl (C=O) groups is 1. The summed E-state index contributed by atoms with van der Waals surface area (Å²) < 4.78 is 48.0. The Balaban J connectivity index is 1.17. The average molecular weight is 584 g/mol. The van der Waals surface area contributed by atoms with Crippen LogP contribution in [-0.2, 0) is 24.3 Å². The van der Waals surface area contributed by atoms with Gasteiger partial charge in [0.2, 0.25) is 5.88 Å². The molecular formula is C31H23F2N5O5. The van der Waals surface area contributed by atoms with Crippen LogP contribution in [0.15, 0.2) is 66.9 Å². The molecule has 10 nitrogen and oxygen atoms in total. The average Bonchev–Trinajstić information content (AvgIpc) is 3.31. The number of aromatic nitrogens is 4. The Morgan fingerprint density at radius 1 is 1.09 bits per heavy atom. The van der Waals surface area contributed by atoms with Crippen molar-refractivity contribution in [3.8, 4) is 23.4 Å². The molecule has 0 amide bonds. The molecule has 2 aromatic heterocycles. The van der Waals surface area contributed by atoms with Crippen molar-refractivity contribution in [3.63, 3.8) is 0 Å². The molecule has 6 rings (SSSR count). The van der Waals surface area contributed by atoms with Crippen LogP contribution in [0.25, 0.3) is 11.0 Å². The molecule has 0 aliphatic carbocycles.